The molecule has 11 heteroatoms. The van der Waals surface area contributed by atoms with Gasteiger partial charge in [-0.15, -0.1) is 0 Å². The van der Waals surface area contributed by atoms with Gasteiger partial charge in [0.2, 0.25) is 17.7 Å². The van der Waals surface area contributed by atoms with Crippen molar-refractivity contribution in [2.75, 3.05) is 64.2 Å². The molecule has 2 spiro atoms. The van der Waals surface area contributed by atoms with Crippen LogP contribution in [0.3, 0.4) is 0 Å². The normalized spacial score (nSPS) is 27.0. The number of amides is 3. The largest absolute Gasteiger partial charge is 0.391 e. The van der Waals surface area contributed by atoms with E-state index in [0.29, 0.717) is 51.6 Å². The van der Waals surface area contributed by atoms with Crippen LogP contribution in [-0.4, -0.2) is 125 Å². The van der Waals surface area contributed by atoms with Crippen LogP contribution < -0.4 is 16.0 Å². The molecule has 0 saturated carbocycles. The highest BCUT2D eigenvalue weighted by Crippen LogP contribution is 2.33. The maximum Gasteiger partial charge on any atom is 0.247 e. The molecule has 2 aromatic rings. The van der Waals surface area contributed by atoms with Crippen molar-refractivity contribution in [3.8, 4) is 0 Å². The van der Waals surface area contributed by atoms with Crippen molar-refractivity contribution in [3.05, 3.63) is 65.7 Å². The third-order valence-electron chi connectivity index (χ3n) is 10.5. The Bertz CT molecular complexity index is 1440. The van der Waals surface area contributed by atoms with Crippen molar-refractivity contribution in [2.24, 2.45) is 5.92 Å². The standard InChI is InChI=1S/C36H51N7O4/c1-26(2)21-40-16-18-42(35(24-40)12-14-37-33(35)46)23-29-10-7-11-30(20-29)39-31(27(3)44)32(45)41-17-19-43(22-28-8-5-4-6-9-28)36(25-41)13-15-38-34(36)47/h4-11,20,26-27,31,39,44H,12-19,21-25H2,1-3H3,(H,37,46)(H,38,47)/t27-,31+,35?,36?/m1/s1. The summed E-state index contributed by atoms with van der Waals surface area (Å²) in [5.74, 6) is 0.387. The summed E-state index contributed by atoms with van der Waals surface area (Å²) in [5, 5.41) is 20.3. The van der Waals surface area contributed by atoms with Crippen LogP contribution in [0.15, 0.2) is 54.6 Å². The van der Waals surface area contributed by atoms with Crippen molar-refractivity contribution < 1.29 is 19.5 Å². The van der Waals surface area contributed by atoms with Crippen molar-refractivity contribution in [2.45, 2.75) is 69.9 Å². The fourth-order valence-corrected chi connectivity index (χ4v) is 8.07. The first kappa shape index (κ1) is 33.4. The predicted molar refractivity (Wildman–Crippen MR) is 181 cm³/mol. The average molecular weight is 646 g/mol. The monoisotopic (exact) mass is 645 g/mol. The van der Waals surface area contributed by atoms with Gasteiger partial charge in [-0.3, -0.25) is 29.1 Å². The Morgan fingerprint density at radius 1 is 0.830 bits per heavy atom. The third-order valence-corrected chi connectivity index (χ3v) is 10.5. The first-order valence-electron chi connectivity index (χ1n) is 17.2. The van der Waals surface area contributed by atoms with Gasteiger partial charge in [-0.05, 0) is 48.9 Å². The Hall–Kier alpha value is -3.51. The highest BCUT2D eigenvalue weighted by Gasteiger charge is 2.52. The zero-order chi connectivity index (χ0) is 33.2. The molecule has 6 rings (SSSR count). The number of nitrogens with zero attached hydrogens (tertiary/aromatic N) is 4. The molecule has 4 saturated heterocycles. The summed E-state index contributed by atoms with van der Waals surface area (Å²) in [7, 11) is 0. The lowest BCUT2D eigenvalue weighted by atomic mass is 9.90. The lowest BCUT2D eigenvalue weighted by molar-refractivity contribution is -0.145. The van der Waals surface area contributed by atoms with Gasteiger partial charge in [-0.25, -0.2) is 0 Å². The molecule has 47 heavy (non-hydrogen) atoms. The smallest absolute Gasteiger partial charge is 0.247 e. The predicted octanol–water partition coefficient (Wildman–Crippen LogP) is 1.48. The Balaban J connectivity index is 1.15. The van der Waals surface area contributed by atoms with E-state index in [1.165, 1.54) is 0 Å². The second kappa shape index (κ2) is 13.9. The molecule has 0 aliphatic carbocycles. The van der Waals surface area contributed by atoms with E-state index in [1.54, 1.807) is 11.8 Å². The third kappa shape index (κ3) is 6.90. The molecular weight excluding hydrogens is 594 g/mol. The van der Waals surface area contributed by atoms with E-state index in [0.717, 1.165) is 49.4 Å². The molecule has 254 valence electrons. The van der Waals surface area contributed by atoms with Gasteiger partial charge in [-0.2, -0.15) is 0 Å². The zero-order valence-corrected chi connectivity index (χ0v) is 28.1. The topological polar surface area (TPSA) is 120 Å². The number of carbonyl (C=O) groups excluding carboxylic acids is 3. The van der Waals surface area contributed by atoms with Crippen LogP contribution in [-0.2, 0) is 27.5 Å². The fraction of sp³-hybridized carbons (Fsp3) is 0.583. The molecule has 4 aliphatic heterocycles. The second-order valence-electron chi connectivity index (χ2n) is 14.4. The van der Waals surface area contributed by atoms with Crippen LogP contribution in [0.2, 0.25) is 0 Å². The molecule has 4 fully saturated rings. The molecule has 4 N–H and O–H groups in total. The van der Waals surface area contributed by atoms with E-state index in [1.807, 2.05) is 36.4 Å². The summed E-state index contributed by atoms with van der Waals surface area (Å²) in [6.45, 7) is 13.3. The van der Waals surface area contributed by atoms with E-state index in [9.17, 15) is 19.5 Å². The number of aliphatic hydroxyl groups excluding tert-OH is 1. The number of nitrogens with one attached hydrogen (secondary N) is 3. The lowest BCUT2D eigenvalue weighted by Gasteiger charge is -2.48. The van der Waals surface area contributed by atoms with Crippen LogP contribution in [0.4, 0.5) is 5.69 Å². The summed E-state index contributed by atoms with van der Waals surface area (Å²) in [4.78, 5) is 49.3. The van der Waals surface area contributed by atoms with Crippen molar-refractivity contribution in [3.63, 3.8) is 0 Å². The van der Waals surface area contributed by atoms with Gasteiger partial charge in [0.05, 0.1) is 6.10 Å². The van der Waals surface area contributed by atoms with Gasteiger partial charge in [0.15, 0.2) is 0 Å². The quantitative estimate of drug-likeness (QED) is 0.307. The minimum atomic E-state index is -0.957. The summed E-state index contributed by atoms with van der Waals surface area (Å²) in [6, 6.07) is 17.2. The van der Waals surface area contributed by atoms with Crippen LogP contribution in [0, 0.1) is 5.92 Å². The summed E-state index contributed by atoms with van der Waals surface area (Å²) in [5.41, 5.74) is 1.57. The van der Waals surface area contributed by atoms with Crippen molar-refractivity contribution in [1.29, 1.82) is 0 Å². The molecule has 2 unspecified atom stereocenters. The van der Waals surface area contributed by atoms with E-state index in [-0.39, 0.29) is 24.3 Å². The SMILES string of the molecule is CC(C)CN1CCN(Cc2cccc(N[C@H](C(=O)N3CCN(Cc4ccccc4)C4(CCNC4=O)C3)[C@@H](C)O)c2)C2(CCNC2=O)C1. The van der Waals surface area contributed by atoms with E-state index in [4.69, 9.17) is 0 Å². The van der Waals surface area contributed by atoms with Crippen molar-refractivity contribution >= 4 is 23.4 Å². The number of hydrogen-bond acceptors (Lipinski definition) is 8. The van der Waals surface area contributed by atoms with Crippen LogP contribution in [0.5, 0.6) is 0 Å². The number of piperazine rings is 2. The second-order valence-corrected chi connectivity index (χ2v) is 14.4. The molecule has 3 amide bonds. The number of anilines is 1. The molecule has 0 aromatic heterocycles. The number of hydrogen-bond donors (Lipinski definition) is 4. The summed E-state index contributed by atoms with van der Waals surface area (Å²) < 4.78 is 0. The molecule has 4 aliphatic rings. The number of carbonyl (C=O) groups is 3. The van der Waals surface area contributed by atoms with Crippen LogP contribution in [0.1, 0.15) is 44.7 Å². The summed E-state index contributed by atoms with van der Waals surface area (Å²) in [6.07, 6.45) is 0.457. The molecule has 4 heterocycles. The first-order chi connectivity index (χ1) is 22.6. The minimum Gasteiger partial charge on any atom is -0.391 e. The molecule has 0 radical (unpaired) electrons. The maximum absolute atomic E-state index is 14.1. The number of rotatable bonds is 10. The number of benzene rings is 2. The average Bonchev–Trinajstić information content (AvgIpc) is 3.59. The molecule has 2 aromatic carbocycles. The van der Waals surface area contributed by atoms with Crippen LogP contribution >= 0.6 is 0 Å². The summed E-state index contributed by atoms with van der Waals surface area (Å²) >= 11 is 0. The Labute approximate surface area is 278 Å². The lowest BCUT2D eigenvalue weighted by Crippen LogP contribution is -2.67. The molecule has 0 bridgehead atoms. The van der Waals surface area contributed by atoms with Gasteiger partial charge < -0.3 is 26.0 Å². The van der Waals surface area contributed by atoms with Gasteiger partial charge in [0.1, 0.15) is 17.1 Å². The first-order valence-corrected chi connectivity index (χ1v) is 17.2. The number of aliphatic hydroxyl groups is 1. The zero-order valence-electron chi connectivity index (χ0n) is 28.1. The molecular formula is C36H51N7O4. The van der Waals surface area contributed by atoms with Gasteiger partial charge >= 0.3 is 0 Å². The van der Waals surface area contributed by atoms with Gasteiger partial charge in [0, 0.05) is 77.7 Å². The fourth-order valence-electron chi connectivity index (χ4n) is 8.07. The van der Waals surface area contributed by atoms with E-state index in [2.05, 4.69) is 62.7 Å². The van der Waals surface area contributed by atoms with Gasteiger partial charge in [0.25, 0.3) is 0 Å². The molecule has 4 atom stereocenters. The highest BCUT2D eigenvalue weighted by molar-refractivity contribution is 5.91. The van der Waals surface area contributed by atoms with Crippen molar-refractivity contribution in [1.82, 2.24) is 30.2 Å². The van der Waals surface area contributed by atoms with E-state index < -0.39 is 23.2 Å². The Morgan fingerprint density at radius 3 is 2.06 bits per heavy atom. The maximum atomic E-state index is 14.1. The Morgan fingerprint density at radius 2 is 1.45 bits per heavy atom. The van der Waals surface area contributed by atoms with E-state index >= 15 is 0 Å². The van der Waals surface area contributed by atoms with Gasteiger partial charge in [-0.1, -0.05) is 56.3 Å². The highest BCUT2D eigenvalue weighted by atomic mass is 16.3. The Kier molecular flexibility index (Phi) is 9.89. The van der Waals surface area contributed by atoms with Crippen LogP contribution in [0.25, 0.3) is 0 Å². The molecule has 11 nitrogen and oxygen atoms in total. The minimum absolute atomic E-state index is 0.0426.